The van der Waals surface area contributed by atoms with Gasteiger partial charge in [0.2, 0.25) is 10.0 Å². The average molecular weight is 358 g/mol. The van der Waals surface area contributed by atoms with Gasteiger partial charge in [-0.15, -0.1) is 0 Å². The summed E-state index contributed by atoms with van der Waals surface area (Å²) in [6, 6.07) is 3.74. The van der Waals surface area contributed by atoms with Gasteiger partial charge in [-0.05, 0) is 51.5 Å². The number of benzene rings is 1. The van der Waals surface area contributed by atoms with Crippen LogP contribution in [0.25, 0.3) is 0 Å². The first-order valence-corrected chi connectivity index (χ1v) is 9.19. The molecule has 2 rings (SSSR count). The maximum atomic E-state index is 13.3. The molecule has 1 aliphatic rings. The van der Waals surface area contributed by atoms with Crippen LogP contribution in [0.2, 0.25) is 0 Å². The van der Waals surface area contributed by atoms with Crippen LogP contribution in [0.5, 0.6) is 0 Å². The first-order valence-electron chi connectivity index (χ1n) is 7.75. The molecule has 0 saturated carbocycles. The van der Waals surface area contributed by atoms with Crippen LogP contribution in [0.3, 0.4) is 0 Å². The zero-order valence-corrected chi connectivity index (χ0v) is 15.2. The van der Waals surface area contributed by atoms with Crippen molar-refractivity contribution in [3.63, 3.8) is 0 Å². The van der Waals surface area contributed by atoms with Gasteiger partial charge < -0.3 is 9.64 Å². The van der Waals surface area contributed by atoms with Crippen molar-refractivity contribution in [2.75, 3.05) is 26.2 Å². The van der Waals surface area contributed by atoms with Crippen molar-refractivity contribution in [3.8, 4) is 0 Å². The van der Waals surface area contributed by atoms with E-state index in [2.05, 4.69) is 0 Å². The van der Waals surface area contributed by atoms with Crippen LogP contribution in [-0.4, -0.2) is 55.5 Å². The highest BCUT2D eigenvalue weighted by atomic mass is 32.2. The Morgan fingerprint density at radius 3 is 2.25 bits per heavy atom. The van der Waals surface area contributed by atoms with Crippen molar-refractivity contribution in [2.45, 2.75) is 38.2 Å². The van der Waals surface area contributed by atoms with Gasteiger partial charge in [-0.2, -0.15) is 4.31 Å². The van der Waals surface area contributed by atoms with E-state index < -0.39 is 27.5 Å². The molecule has 24 heavy (non-hydrogen) atoms. The number of hydrogen-bond acceptors (Lipinski definition) is 4. The predicted octanol–water partition coefficient (Wildman–Crippen LogP) is 2.38. The van der Waals surface area contributed by atoms with Crippen molar-refractivity contribution < 1.29 is 22.3 Å². The van der Waals surface area contributed by atoms with Crippen molar-refractivity contribution in [3.05, 3.63) is 29.6 Å². The monoisotopic (exact) mass is 358 g/mol. The number of carbonyl (C=O) groups is 1. The Morgan fingerprint density at radius 2 is 1.75 bits per heavy atom. The number of aryl methyl sites for hydroxylation is 1. The second kappa shape index (κ2) is 6.68. The van der Waals surface area contributed by atoms with E-state index in [9.17, 15) is 17.6 Å². The lowest BCUT2D eigenvalue weighted by atomic mass is 10.2. The van der Waals surface area contributed by atoms with Crippen molar-refractivity contribution >= 4 is 16.1 Å². The SMILES string of the molecule is Cc1cc(S(=O)(=O)N2CCN(C(=O)OC(C)(C)C)CC2)ccc1F. The molecule has 0 bridgehead atoms. The number of hydrogen-bond donors (Lipinski definition) is 0. The van der Waals surface area contributed by atoms with Gasteiger partial charge in [-0.1, -0.05) is 0 Å². The minimum atomic E-state index is -3.70. The maximum absolute atomic E-state index is 13.3. The minimum absolute atomic E-state index is 0.0621. The molecule has 0 unspecified atom stereocenters. The predicted molar refractivity (Wildman–Crippen MR) is 87.7 cm³/mol. The minimum Gasteiger partial charge on any atom is -0.444 e. The van der Waals surface area contributed by atoms with E-state index in [-0.39, 0.29) is 36.6 Å². The highest BCUT2D eigenvalue weighted by Crippen LogP contribution is 2.21. The third-order valence-electron chi connectivity index (χ3n) is 3.66. The third-order valence-corrected chi connectivity index (χ3v) is 5.55. The van der Waals surface area contributed by atoms with Crippen LogP contribution in [0.15, 0.2) is 23.1 Å². The van der Waals surface area contributed by atoms with Gasteiger partial charge in [0.15, 0.2) is 0 Å². The van der Waals surface area contributed by atoms with Gasteiger partial charge in [-0.25, -0.2) is 17.6 Å². The molecule has 1 heterocycles. The van der Waals surface area contributed by atoms with Gasteiger partial charge in [0.1, 0.15) is 11.4 Å². The van der Waals surface area contributed by atoms with Gasteiger partial charge in [0.05, 0.1) is 4.90 Å². The molecule has 1 aliphatic heterocycles. The lowest BCUT2D eigenvalue weighted by molar-refractivity contribution is 0.0192. The fourth-order valence-electron chi connectivity index (χ4n) is 2.36. The van der Waals surface area contributed by atoms with Crippen LogP contribution in [0.4, 0.5) is 9.18 Å². The quantitative estimate of drug-likeness (QED) is 0.814. The summed E-state index contributed by atoms with van der Waals surface area (Å²) >= 11 is 0. The van der Waals surface area contributed by atoms with E-state index >= 15 is 0 Å². The van der Waals surface area contributed by atoms with Crippen molar-refractivity contribution in [2.24, 2.45) is 0 Å². The summed E-state index contributed by atoms with van der Waals surface area (Å²) in [5, 5.41) is 0. The topological polar surface area (TPSA) is 66.9 Å². The van der Waals surface area contributed by atoms with Crippen LogP contribution in [0.1, 0.15) is 26.3 Å². The highest BCUT2D eigenvalue weighted by molar-refractivity contribution is 7.89. The summed E-state index contributed by atoms with van der Waals surface area (Å²) < 4.78 is 45.2. The van der Waals surface area contributed by atoms with Gasteiger partial charge in [0, 0.05) is 26.2 Å². The van der Waals surface area contributed by atoms with Gasteiger partial charge >= 0.3 is 6.09 Å². The molecule has 0 atom stereocenters. The zero-order valence-electron chi connectivity index (χ0n) is 14.4. The zero-order chi connectivity index (χ0) is 18.1. The Balaban J connectivity index is 2.05. The number of amides is 1. The number of halogens is 1. The van der Waals surface area contributed by atoms with Crippen molar-refractivity contribution in [1.82, 2.24) is 9.21 Å². The molecule has 1 amide bonds. The molecule has 0 aromatic heterocycles. The summed E-state index contributed by atoms with van der Waals surface area (Å²) in [4.78, 5) is 13.6. The first kappa shape index (κ1) is 18.7. The van der Waals surface area contributed by atoms with E-state index in [4.69, 9.17) is 4.74 Å². The summed E-state index contributed by atoms with van der Waals surface area (Å²) in [6.07, 6.45) is -0.447. The third kappa shape index (κ3) is 4.24. The largest absolute Gasteiger partial charge is 0.444 e. The maximum Gasteiger partial charge on any atom is 0.410 e. The Kier molecular flexibility index (Phi) is 5.19. The second-order valence-electron chi connectivity index (χ2n) is 6.78. The molecule has 6 nitrogen and oxygen atoms in total. The normalized spacial score (nSPS) is 17.0. The van der Waals surface area contributed by atoms with Crippen LogP contribution < -0.4 is 0 Å². The standard InChI is InChI=1S/C16H23FN2O4S/c1-12-11-13(5-6-14(12)17)24(21,22)19-9-7-18(8-10-19)15(20)23-16(2,3)4/h5-6,11H,7-10H2,1-4H3. The van der Waals surface area contributed by atoms with E-state index in [0.717, 1.165) is 6.07 Å². The molecule has 1 fully saturated rings. The highest BCUT2D eigenvalue weighted by Gasteiger charge is 2.32. The molecule has 0 N–H and O–H groups in total. The lowest BCUT2D eigenvalue weighted by Crippen LogP contribution is -2.51. The smallest absolute Gasteiger partial charge is 0.410 e. The summed E-state index contributed by atoms with van der Waals surface area (Å²) in [6.45, 7) is 7.74. The Hall–Kier alpha value is -1.67. The summed E-state index contributed by atoms with van der Waals surface area (Å²) in [5.41, 5.74) is -0.310. The molecule has 1 saturated heterocycles. The molecular weight excluding hydrogens is 335 g/mol. The first-order chi connectivity index (χ1) is 11.0. The Labute approximate surface area is 142 Å². The summed E-state index contributed by atoms with van der Waals surface area (Å²) in [7, 11) is -3.70. The molecular formula is C16H23FN2O4S. The Morgan fingerprint density at radius 1 is 1.17 bits per heavy atom. The van der Waals surface area contributed by atoms with Crippen LogP contribution in [-0.2, 0) is 14.8 Å². The number of piperazine rings is 1. The van der Waals surface area contributed by atoms with Gasteiger partial charge in [0.25, 0.3) is 0 Å². The summed E-state index contributed by atoms with van der Waals surface area (Å²) in [5.74, 6) is -0.441. The van der Waals surface area contributed by atoms with E-state index in [1.54, 1.807) is 20.8 Å². The molecule has 1 aromatic rings. The second-order valence-corrected chi connectivity index (χ2v) is 8.72. The molecule has 0 aliphatic carbocycles. The molecule has 1 aromatic carbocycles. The van der Waals surface area contributed by atoms with E-state index in [1.807, 2.05) is 0 Å². The number of ether oxygens (including phenoxy) is 1. The Bertz CT molecular complexity index is 720. The lowest BCUT2D eigenvalue weighted by Gasteiger charge is -2.35. The van der Waals surface area contributed by atoms with E-state index in [0.29, 0.717) is 0 Å². The fraction of sp³-hybridized carbons (Fsp3) is 0.562. The fourth-order valence-corrected chi connectivity index (χ4v) is 3.87. The number of sulfonamides is 1. The number of rotatable bonds is 2. The van der Waals surface area contributed by atoms with Crippen molar-refractivity contribution in [1.29, 1.82) is 0 Å². The molecule has 134 valence electrons. The molecule has 8 heteroatoms. The van der Waals surface area contributed by atoms with Gasteiger partial charge in [-0.3, -0.25) is 0 Å². The molecule has 0 spiro atoms. The number of carbonyl (C=O) groups excluding carboxylic acids is 1. The molecule has 0 radical (unpaired) electrons. The van der Waals surface area contributed by atoms with Crippen LogP contribution in [0, 0.1) is 12.7 Å². The number of nitrogens with zero attached hydrogens (tertiary/aromatic N) is 2. The average Bonchev–Trinajstić information content (AvgIpc) is 2.48. The van der Waals surface area contributed by atoms with Crippen LogP contribution >= 0.6 is 0 Å². The van der Waals surface area contributed by atoms with E-state index in [1.165, 1.54) is 28.3 Å².